The van der Waals surface area contributed by atoms with Crippen LogP contribution in [0, 0.1) is 6.92 Å². The molecule has 1 aliphatic heterocycles. The molecule has 158 valence electrons. The second-order valence-electron chi connectivity index (χ2n) is 7.80. The van der Waals surface area contributed by atoms with Crippen LogP contribution in [-0.2, 0) is 0 Å². The molecule has 31 heavy (non-hydrogen) atoms. The molecule has 4 heterocycles. The van der Waals surface area contributed by atoms with E-state index in [0.29, 0.717) is 10.9 Å². The predicted octanol–water partition coefficient (Wildman–Crippen LogP) is 5.71. The molecule has 0 atom stereocenters. The third-order valence-corrected chi connectivity index (χ3v) is 6.08. The maximum absolute atomic E-state index is 6.43. The van der Waals surface area contributed by atoms with Crippen molar-refractivity contribution in [2.45, 2.75) is 25.9 Å². The minimum Gasteiger partial charge on any atom is -0.474 e. The van der Waals surface area contributed by atoms with Gasteiger partial charge in [-0.2, -0.15) is 0 Å². The van der Waals surface area contributed by atoms with E-state index < -0.39 is 0 Å². The van der Waals surface area contributed by atoms with Crippen LogP contribution >= 0.6 is 11.6 Å². The lowest BCUT2D eigenvalue weighted by Gasteiger charge is -2.34. The standard InChI is InChI=1S/C24H24ClN5O/c1-16-22(30-12-7-18(8-13-30)31-23-4-2-3-9-27-23)6-11-28-24(16)29-17-14-20(25)19-5-10-26-21(19)15-17/h2-6,9-11,14-15,18,26H,7-8,12-13H2,1H3,(H,28,29). The summed E-state index contributed by atoms with van der Waals surface area (Å²) in [5, 5.41) is 5.17. The zero-order valence-corrected chi connectivity index (χ0v) is 18.1. The van der Waals surface area contributed by atoms with Gasteiger partial charge in [-0.15, -0.1) is 0 Å². The van der Waals surface area contributed by atoms with Crippen LogP contribution in [-0.4, -0.2) is 34.1 Å². The molecule has 0 aliphatic carbocycles. The van der Waals surface area contributed by atoms with Crippen LogP contribution in [0.15, 0.2) is 61.1 Å². The molecule has 4 aromatic rings. The van der Waals surface area contributed by atoms with E-state index in [-0.39, 0.29) is 6.10 Å². The quantitative estimate of drug-likeness (QED) is 0.422. The summed E-state index contributed by atoms with van der Waals surface area (Å²) >= 11 is 6.43. The molecule has 0 radical (unpaired) electrons. The van der Waals surface area contributed by atoms with Crippen LogP contribution in [0.5, 0.6) is 5.88 Å². The molecule has 0 bridgehead atoms. The number of halogens is 1. The van der Waals surface area contributed by atoms with Gasteiger partial charge in [0, 0.05) is 78.4 Å². The van der Waals surface area contributed by atoms with Gasteiger partial charge >= 0.3 is 0 Å². The van der Waals surface area contributed by atoms with E-state index in [1.54, 1.807) is 6.20 Å². The molecular formula is C24H24ClN5O. The molecule has 1 aliphatic rings. The van der Waals surface area contributed by atoms with Crippen LogP contribution in [0.4, 0.5) is 17.2 Å². The number of rotatable bonds is 5. The Morgan fingerprint density at radius 1 is 1.10 bits per heavy atom. The molecule has 0 amide bonds. The lowest BCUT2D eigenvalue weighted by atomic mass is 10.1. The number of hydrogen-bond donors (Lipinski definition) is 2. The fourth-order valence-corrected chi connectivity index (χ4v) is 4.41. The minimum atomic E-state index is 0.195. The van der Waals surface area contributed by atoms with E-state index >= 15 is 0 Å². The third-order valence-electron chi connectivity index (χ3n) is 5.76. The Labute approximate surface area is 186 Å². The smallest absolute Gasteiger partial charge is 0.213 e. The summed E-state index contributed by atoms with van der Waals surface area (Å²) in [6.45, 7) is 3.97. The first kappa shape index (κ1) is 19.7. The Bertz CT molecular complexity index is 1190. The van der Waals surface area contributed by atoms with Crippen molar-refractivity contribution < 1.29 is 4.74 Å². The molecule has 6 nitrogen and oxygen atoms in total. The maximum atomic E-state index is 6.43. The molecule has 1 aromatic carbocycles. The van der Waals surface area contributed by atoms with E-state index in [2.05, 4.69) is 44.2 Å². The van der Waals surface area contributed by atoms with Gasteiger partial charge in [-0.25, -0.2) is 9.97 Å². The number of fused-ring (bicyclic) bond motifs is 1. The molecule has 7 heteroatoms. The lowest BCUT2D eigenvalue weighted by molar-refractivity contribution is 0.164. The normalized spacial score (nSPS) is 14.7. The Hall–Kier alpha value is -3.25. The average Bonchev–Trinajstić information content (AvgIpc) is 3.26. The van der Waals surface area contributed by atoms with Crippen LogP contribution in [0.3, 0.4) is 0 Å². The monoisotopic (exact) mass is 433 g/mol. The van der Waals surface area contributed by atoms with Gasteiger partial charge in [0.15, 0.2) is 0 Å². The SMILES string of the molecule is Cc1c(N2CCC(Oc3ccccn3)CC2)ccnc1Nc1cc(Cl)c2cc[nH]c2c1. The second kappa shape index (κ2) is 8.47. The van der Waals surface area contributed by atoms with E-state index in [9.17, 15) is 0 Å². The Kier molecular flexibility index (Phi) is 5.38. The average molecular weight is 434 g/mol. The second-order valence-corrected chi connectivity index (χ2v) is 8.21. The topological polar surface area (TPSA) is 66.1 Å². The van der Waals surface area contributed by atoms with Crippen molar-refractivity contribution in [1.29, 1.82) is 0 Å². The number of pyridine rings is 2. The van der Waals surface area contributed by atoms with Gasteiger partial charge in [0.1, 0.15) is 11.9 Å². The Morgan fingerprint density at radius 2 is 1.97 bits per heavy atom. The first-order valence-electron chi connectivity index (χ1n) is 10.5. The molecule has 0 saturated carbocycles. The fourth-order valence-electron chi connectivity index (χ4n) is 4.13. The van der Waals surface area contributed by atoms with E-state index in [4.69, 9.17) is 16.3 Å². The third kappa shape index (κ3) is 4.16. The van der Waals surface area contributed by atoms with Crippen molar-refractivity contribution in [2.24, 2.45) is 0 Å². The van der Waals surface area contributed by atoms with E-state index in [1.165, 1.54) is 5.69 Å². The summed E-state index contributed by atoms with van der Waals surface area (Å²) in [6, 6.07) is 13.8. The van der Waals surface area contributed by atoms with Crippen LogP contribution in [0.25, 0.3) is 10.9 Å². The highest BCUT2D eigenvalue weighted by Crippen LogP contribution is 2.32. The summed E-state index contributed by atoms with van der Waals surface area (Å²) in [4.78, 5) is 14.5. The van der Waals surface area contributed by atoms with Crippen molar-refractivity contribution in [3.05, 3.63) is 71.6 Å². The largest absolute Gasteiger partial charge is 0.474 e. The van der Waals surface area contributed by atoms with Crippen molar-refractivity contribution in [2.75, 3.05) is 23.3 Å². The Balaban J connectivity index is 1.29. The van der Waals surface area contributed by atoms with Gasteiger partial charge in [-0.05, 0) is 37.3 Å². The highest BCUT2D eigenvalue weighted by Gasteiger charge is 2.23. The maximum Gasteiger partial charge on any atom is 0.213 e. The molecule has 1 saturated heterocycles. The zero-order valence-electron chi connectivity index (χ0n) is 17.3. The number of anilines is 3. The van der Waals surface area contributed by atoms with Crippen LogP contribution in [0.1, 0.15) is 18.4 Å². The number of H-pyrrole nitrogens is 1. The minimum absolute atomic E-state index is 0.195. The molecule has 0 unspecified atom stereocenters. The lowest BCUT2D eigenvalue weighted by Crippen LogP contribution is -2.38. The molecule has 5 rings (SSSR count). The van der Waals surface area contributed by atoms with Gasteiger partial charge in [0.25, 0.3) is 0 Å². The number of benzene rings is 1. The van der Waals surface area contributed by atoms with Gasteiger partial charge in [-0.3, -0.25) is 0 Å². The van der Waals surface area contributed by atoms with Crippen molar-refractivity contribution in [3.63, 3.8) is 0 Å². The van der Waals surface area contributed by atoms with Crippen molar-refractivity contribution in [3.8, 4) is 5.88 Å². The fraction of sp³-hybridized carbons (Fsp3) is 0.250. The highest BCUT2D eigenvalue weighted by atomic mass is 35.5. The summed E-state index contributed by atoms with van der Waals surface area (Å²) in [7, 11) is 0. The summed E-state index contributed by atoms with van der Waals surface area (Å²) < 4.78 is 6.03. The molecule has 1 fully saturated rings. The molecule has 2 N–H and O–H groups in total. The number of aromatic nitrogens is 3. The van der Waals surface area contributed by atoms with Crippen molar-refractivity contribution in [1.82, 2.24) is 15.0 Å². The van der Waals surface area contributed by atoms with E-state index in [1.807, 2.05) is 42.7 Å². The summed E-state index contributed by atoms with van der Waals surface area (Å²) in [5.41, 5.74) is 4.23. The van der Waals surface area contributed by atoms with Crippen molar-refractivity contribution >= 4 is 39.7 Å². The molecule has 0 spiro atoms. The number of piperidine rings is 1. The molecular weight excluding hydrogens is 410 g/mol. The van der Waals surface area contributed by atoms with Crippen LogP contribution in [0.2, 0.25) is 5.02 Å². The number of ether oxygens (including phenoxy) is 1. The number of nitrogens with one attached hydrogen (secondary N) is 2. The number of hydrogen-bond acceptors (Lipinski definition) is 5. The summed E-state index contributed by atoms with van der Waals surface area (Å²) in [6.07, 6.45) is 7.63. The van der Waals surface area contributed by atoms with Crippen LogP contribution < -0.4 is 15.0 Å². The molecule has 3 aromatic heterocycles. The number of aromatic amines is 1. The highest BCUT2D eigenvalue weighted by molar-refractivity contribution is 6.35. The predicted molar refractivity (Wildman–Crippen MR) is 126 cm³/mol. The first-order valence-corrected chi connectivity index (χ1v) is 10.9. The Morgan fingerprint density at radius 3 is 2.77 bits per heavy atom. The van der Waals surface area contributed by atoms with E-state index in [0.717, 1.165) is 53.9 Å². The van der Waals surface area contributed by atoms with Gasteiger partial charge in [0.2, 0.25) is 5.88 Å². The van der Waals surface area contributed by atoms with Gasteiger partial charge in [0.05, 0.1) is 5.02 Å². The summed E-state index contributed by atoms with van der Waals surface area (Å²) in [5.74, 6) is 1.54. The van der Waals surface area contributed by atoms with Gasteiger partial charge < -0.3 is 19.9 Å². The van der Waals surface area contributed by atoms with Gasteiger partial charge in [-0.1, -0.05) is 17.7 Å². The first-order chi connectivity index (χ1) is 15.2. The number of nitrogens with zero attached hydrogens (tertiary/aromatic N) is 3. The zero-order chi connectivity index (χ0) is 21.2.